The minimum atomic E-state index is 0.0767. The second-order valence-electron chi connectivity index (χ2n) is 3.43. The van der Waals surface area contributed by atoms with E-state index in [0.29, 0.717) is 12.2 Å². The minimum absolute atomic E-state index is 0.0767. The Bertz CT molecular complexity index is 514. The molecule has 0 unspecified atom stereocenters. The lowest BCUT2D eigenvalue weighted by atomic mass is 10.2. The third-order valence-electron chi connectivity index (χ3n) is 2.22. The van der Waals surface area contributed by atoms with Gasteiger partial charge in [-0.05, 0) is 26.0 Å². The van der Waals surface area contributed by atoms with Gasteiger partial charge in [-0.25, -0.2) is 0 Å². The maximum Gasteiger partial charge on any atom is 0.218 e. The average molecular weight is 203 g/mol. The van der Waals surface area contributed by atoms with Crippen LogP contribution in [-0.4, -0.2) is 16.6 Å². The summed E-state index contributed by atoms with van der Waals surface area (Å²) in [6, 6.07) is 5.89. The quantitative estimate of drug-likeness (QED) is 0.723. The van der Waals surface area contributed by atoms with Gasteiger partial charge in [-0.15, -0.1) is 5.11 Å². The lowest BCUT2D eigenvalue weighted by Gasteiger charge is -1.93. The highest BCUT2D eigenvalue weighted by Gasteiger charge is 2.09. The number of nitrogens with zero attached hydrogens (tertiary/aromatic N) is 2. The Morgan fingerprint density at radius 2 is 2.20 bits per heavy atom. The number of nitrogens with one attached hydrogen (secondary N) is 1. The van der Waals surface area contributed by atoms with Crippen LogP contribution in [0.4, 0.5) is 5.69 Å². The summed E-state index contributed by atoms with van der Waals surface area (Å²) in [6.07, 6.45) is 0. The fourth-order valence-corrected chi connectivity index (χ4v) is 1.52. The number of azo groups is 1. The summed E-state index contributed by atoms with van der Waals surface area (Å²) < 4.78 is 0. The Morgan fingerprint density at radius 1 is 1.40 bits per heavy atom. The highest BCUT2D eigenvalue weighted by Crippen LogP contribution is 2.35. The molecule has 2 rings (SSSR count). The number of fused-ring (bicyclic) bond motifs is 1. The van der Waals surface area contributed by atoms with Crippen LogP contribution in [0.5, 0.6) is 5.88 Å². The zero-order valence-corrected chi connectivity index (χ0v) is 8.78. The lowest BCUT2D eigenvalue weighted by molar-refractivity contribution is 0.459. The molecule has 0 fully saturated rings. The molecule has 0 radical (unpaired) electrons. The minimum Gasteiger partial charge on any atom is -0.493 e. The fraction of sp³-hybridized carbons (Fsp3) is 0.273. The molecule has 2 N–H and O–H groups in total. The number of benzene rings is 1. The number of aromatic hydroxyl groups is 1. The summed E-state index contributed by atoms with van der Waals surface area (Å²) in [7, 11) is 0. The molecule has 15 heavy (non-hydrogen) atoms. The van der Waals surface area contributed by atoms with E-state index in [1.54, 1.807) is 0 Å². The van der Waals surface area contributed by atoms with E-state index in [0.717, 1.165) is 16.5 Å². The van der Waals surface area contributed by atoms with Crippen LogP contribution in [-0.2, 0) is 0 Å². The van der Waals surface area contributed by atoms with Crippen LogP contribution in [0, 0.1) is 6.92 Å². The van der Waals surface area contributed by atoms with Gasteiger partial charge in [-0.3, -0.25) is 0 Å². The maximum atomic E-state index is 9.64. The summed E-state index contributed by atoms with van der Waals surface area (Å²) in [5.41, 5.74) is 2.54. The Balaban J connectivity index is 2.65. The summed E-state index contributed by atoms with van der Waals surface area (Å²) >= 11 is 0. The van der Waals surface area contributed by atoms with Gasteiger partial charge >= 0.3 is 0 Å². The molecule has 4 nitrogen and oxygen atoms in total. The first kappa shape index (κ1) is 9.71. The smallest absolute Gasteiger partial charge is 0.218 e. The van der Waals surface area contributed by atoms with Gasteiger partial charge in [0, 0.05) is 5.39 Å². The van der Waals surface area contributed by atoms with Crippen molar-refractivity contribution in [2.45, 2.75) is 13.8 Å². The van der Waals surface area contributed by atoms with Crippen LogP contribution < -0.4 is 0 Å². The van der Waals surface area contributed by atoms with E-state index in [4.69, 9.17) is 0 Å². The molecule has 0 bridgehead atoms. The van der Waals surface area contributed by atoms with Crippen LogP contribution in [0.1, 0.15) is 12.5 Å². The first-order valence-corrected chi connectivity index (χ1v) is 4.91. The van der Waals surface area contributed by atoms with Gasteiger partial charge in [-0.2, -0.15) is 5.11 Å². The van der Waals surface area contributed by atoms with Gasteiger partial charge in [0.1, 0.15) is 0 Å². The first-order valence-electron chi connectivity index (χ1n) is 4.91. The number of aryl methyl sites for hydroxylation is 1. The SMILES string of the molecule is CCN=Nc1c(O)[nH]c2ccc(C)cc12. The van der Waals surface area contributed by atoms with Crippen LogP contribution in [0.15, 0.2) is 28.4 Å². The predicted molar refractivity (Wildman–Crippen MR) is 59.8 cm³/mol. The summed E-state index contributed by atoms with van der Waals surface area (Å²) in [6.45, 7) is 4.52. The molecule has 0 saturated heterocycles. The molecule has 0 aliphatic heterocycles. The van der Waals surface area contributed by atoms with Crippen molar-refractivity contribution in [2.24, 2.45) is 10.2 Å². The monoisotopic (exact) mass is 203 g/mol. The van der Waals surface area contributed by atoms with E-state index in [2.05, 4.69) is 15.2 Å². The molecule has 1 heterocycles. The molecule has 78 valence electrons. The summed E-state index contributed by atoms with van der Waals surface area (Å²) in [5, 5.41) is 18.4. The highest BCUT2D eigenvalue weighted by molar-refractivity contribution is 5.94. The van der Waals surface area contributed by atoms with Crippen molar-refractivity contribution in [1.82, 2.24) is 4.98 Å². The average Bonchev–Trinajstić information content (AvgIpc) is 2.51. The molecule has 0 aliphatic carbocycles. The molecule has 1 aromatic heterocycles. The Labute approximate surface area is 87.7 Å². The van der Waals surface area contributed by atoms with Crippen LogP contribution in [0.3, 0.4) is 0 Å². The van der Waals surface area contributed by atoms with Crippen molar-refractivity contribution in [3.63, 3.8) is 0 Å². The summed E-state index contributed by atoms with van der Waals surface area (Å²) in [5.74, 6) is 0.0767. The molecule has 2 aromatic rings. The second kappa shape index (κ2) is 3.73. The van der Waals surface area contributed by atoms with E-state index in [1.165, 1.54) is 0 Å². The number of aromatic nitrogens is 1. The van der Waals surface area contributed by atoms with E-state index in [-0.39, 0.29) is 5.88 Å². The fourth-order valence-electron chi connectivity index (χ4n) is 1.52. The van der Waals surface area contributed by atoms with Crippen molar-refractivity contribution >= 4 is 16.6 Å². The van der Waals surface area contributed by atoms with Crippen LogP contribution >= 0.6 is 0 Å². The third-order valence-corrected chi connectivity index (χ3v) is 2.22. The van der Waals surface area contributed by atoms with Crippen molar-refractivity contribution in [3.05, 3.63) is 23.8 Å². The van der Waals surface area contributed by atoms with Gasteiger partial charge in [-0.1, -0.05) is 11.6 Å². The van der Waals surface area contributed by atoms with Crippen LogP contribution in [0.25, 0.3) is 10.9 Å². The molecule has 0 aliphatic rings. The number of hydrogen-bond donors (Lipinski definition) is 2. The van der Waals surface area contributed by atoms with Gasteiger partial charge in [0.25, 0.3) is 0 Å². The lowest BCUT2D eigenvalue weighted by Crippen LogP contribution is -1.71. The molecule has 0 atom stereocenters. The zero-order valence-electron chi connectivity index (χ0n) is 8.78. The molecule has 0 saturated carbocycles. The van der Waals surface area contributed by atoms with Gasteiger partial charge in [0.15, 0.2) is 5.69 Å². The Morgan fingerprint density at radius 3 is 2.93 bits per heavy atom. The largest absolute Gasteiger partial charge is 0.493 e. The van der Waals surface area contributed by atoms with Gasteiger partial charge < -0.3 is 10.1 Å². The molecular formula is C11H13N3O. The van der Waals surface area contributed by atoms with Crippen LogP contribution in [0.2, 0.25) is 0 Å². The molecule has 1 aromatic carbocycles. The number of hydrogen-bond acceptors (Lipinski definition) is 3. The zero-order chi connectivity index (χ0) is 10.8. The number of aromatic amines is 1. The number of rotatable bonds is 2. The molecule has 0 amide bonds. The highest BCUT2D eigenvalue weighted by atomic mass is 16.3. The Hall–Kier alpha value is -1.84. The second-order valence-corrected chi connectivity index (χ2v) is 3.43. The van der Waals surface area contributed by atoms with Crippen molar-refractivity contribution < 1.29 is 5.11 Å². The predicted octanol–water partition coefficient (Wildman–Crippen LogP) is 3.29. The van der Waals surface area contributed by atoms with E-state index in [9.17, 15) is 5.11 Å². The first-order chi connectivity index (χ1) is 7.22. The number of H-pyrrole nitrogens is 1. The van der Waals surface area contributed by atoms with E-state index in [1.807, 2.05) is 32.0 Å². The Kier molecular flexibility index (Phi) is 2.41. The van der Waals surface area contributed by atoms with Crippen molar-refractivity contribution in [2.75, 3.05) is 6.54 Å². The van der Waals surface area contributed by atoms with E-state index >= 15 is 0 Å². The van der Waals surface area contributed by atoms with Crippen molar-refractivity contribution in [1.29, 1.82) is 0 Å². The van der Waals surface area contributed by atoms with Gasteiger partial charge in [0.05, 0.1) is 12.1 Å². The van der Waals surface area contributed by atoms with E-state index < -0.39 is 0 Å². The molecule has 0 spiro atoms. The summed E-state index contributed by atoms with van der Waals surface area (Å²) in [4.78, 5) is 2.86. The normalized spacial score (nSPS) is 11.6. The molecular weight excluding hydrogens is 190 g/mol. The van der Waals surface area contributed by atoms with Crippen molar-refractivity contribution in [3.8, 4) is 5.88 Å². The van der Waals surface area contributed by atoms with Gasteiger partial charge in [0.2, 0.25) is 5.88 Å². The maximum absolute atomic E-state index is 9.64. The topological polar surface area (TPSA) is 60.7 Å². The standard InChI is InChI=1S/C11H13N3O/c1-3-12-14-10-8-6-7(2)4-5-9(8)13-11(10)15/h4-6,13,15H,3H2,1-2H3. The molecule has 4 heteroatoms. The third kappa shape index (κ3) is 1.70.